The van der Waals surface area contributed by atoms with Gasteiger partial charge in [-0.05, 0) is 26.4 Å². The smallest absolute Gasteiger partial charge is 0.0697 e. The van der Waals surface area contributed by atoms with Gasteiger partial charge >= 0.3 is 0 Å². The average molecular weight is 216 g/mol. The first-order valence-corrected chi connectivity index (χ1v) is 5.92. The molecule has 15 heavy (non-hydrogen) atoms. The molecule has 1 aliphatic rings. The van der Waals surface area contributed by atoms with Crippen molar-refractivity contribution in [3.05, 3.63) is 0 Å². The SMILES string of the molecule is CN1CCN(CCCCOCCO)CC1. The number of rotatable bonds is 7. The summed E-state index contributed by atoms with van der Waals surface area (Å²) in [7, 11) is 2.18. The molecule has 0 amide bonds. The monoisotopic (exact) mass is 216 g/mol. The van der Waals surface area contributed by atoms with Crippen molar-refractivity contribution in [2.75, 3.05) is 59.6 Å². The third kappa shape index (κ3) is 6.10. The van der Waals surface area contributed by atoms with Crippen molar-refractivity contribution in [2.45, 2.75) is 12.8 Å². The number of nitrogens with zero attached hydrogens (tertiary/aromatic N) is 2. The van der Waals surface area contributed by atoms with Crippen LogP contribution in [0.3, 0.4) is 0 Å². The molecular formula is C11H24N2O2. The van der Waals surface area contributed by atoms with Crippen molar-refractivity contribution in [3.63, 3.8) is 0 Å². The topological polar surface area (TPSA) is 35.9 Å². The minimum Gasteiger partial charge on any atom is -0.394 e. The Hall–Kier alpha value is -0.160. The van der Waals surface area contributed by atoms with Gasteiger partial charge in [0.15, 0.2) is 0 Å². The lowest BCUT2D eigenvalue weighted by Gasteiger charge is -2.32. The van der Waals surface area contributed by atoms with E-state index in [1.165, 1.54) is 39.1 Å². The van der Waals surface area contributed by atoms with Crippen LogP contribution in [0.4, 0.5) is 0 Å². The van der Waals surface area contributed by atoms with E-state index >= 15 is 0 Å². The van der Waals surface area contributed by atoms with Gasteiger partial charge < -0.3 is 19.6 Å². The lowest BCUT2D eigenvalue weighted by molar-refractivity contribution is 0.0860. The minimum absolute atomic E-state index is 0.137. The number of unbranched alkanes of at least 4 members (excludes halogenated alkanes) is 1. The summed E-state index contributed by atoms with van der Waals surface area (Å²) in [4.78, 5) is 4.90. The Morgan fingerprint density at radius 3 is 2.47 bits per heavy atom. The van der Waals surface area contributed by atoms with Gasteiger partial charge in [0.05, 0.1) is 13.2 Å². The van der Waals surface area contributed by atoms with Crippen LogP contribution in [0.15, 0.2) is 0 Å². The highest BCUT2D eigenvalue weighted by Gasteiger charge is 2.12. The van der Waals surface area contributed by atoms with E-state index in [9.17, 15) is 0 Å². The number of aliphatic hydroxyl groups excluding tert-OH is 1. The van der Waals surface area contributed by atoms with Crippen LogP contribution in [0.2, 0.25) is 0 Å². The van der Waals surface area contributed by atoms with Crippen molar-refractivity contribution >= 4 is 0 Å². The van der Waals surface area contributed by atoms with E-state index < -0.39 is 0 Å². The normalized spacial score (nSPS) is 19.6. The van der Waals surface area contributed by atoms with Crippen LogP contribution >= 0.6 is 0 Å². The molecule has 0 aromatic carbocycles. The predicted molar refractivity (Wildman–Crippen MR) is 61.1 cm³/mol. The van der Waals surface area contributed by atoms with Crippen molar-refractivity contribution in [3.8, 4) is 0 Å². The maximum Gasteiger partial charge on any atom is 0.0697 e. The summed E-state index contributed by atoms with van der Waals surface area (Å²) >= 11 is 0. The summed E-state index contributed by atoms with van der Waals surface area (Å²) in [5.41, 5.74) is 0. The zero-order valence-corrected chi connectivity index (χ0v) is 9.82. The number of ether oxygens (including phenoxy) is 1. The van der Waals surface area contributed by atoms with E-state index in [-0.39, 0.29) is 6.61 Å². The number of hydrogen-bond donors (Lipinski definition) is 1. The molecule has 90 valence electrons. The molecule has 1 N–H and O–H groups in total. The number of aliphatic hydroxyl groups is 1. The standard InChI is InChI=1S/C11H24N2O2/c1-12-5-7-13(8-6-12)4-2-3-10-15-11-9-14/h14H,2-11H2,1H3. The van der Waals surface area contributed by atoms with Crippen LogP contribution in [0.5, 0.6) is 0 Å². The quantitative estimate of drug-likeness (QED) is 0.609. The molecule has 1 aliphatic heterocycles. The Morgan fingerprint density at radius 2 is 1.80 bits per heavy atom. The second-order valence-corrected chi connectivity index (χ2v) is 4.19. The van der Waals surface area contributed by atoms with Gasteiger partial charge in [0.25, 0.3) is 0 Å². The first kappa shape index (κ1) is 12.9. The van der Waals surface area contributed by atoms with Gasteiger partial charge in [-0.25, -0.2) is 0 Å². The Kier molecular flexibility index (Phi) is 6.92. The van der Waals surface area contributed by atoms with Crippen molar-refractivity contribution in [1.82, 2.24) is 9.80 Å². The lowest BCUT2D eigenvalue weighted by atomic mass is 10.2. The van der Waals surface area contributed by atoms with Gasteiger partial charge in [-0.1, -0.05) is 0 Å². The van der Waals surface area contributed by atoms with Gasteiger partial charge in [0, 0.05) is 32.8 Å². The second kappa shape index (κ2) is 8.05. The van der Waals surface area contributed by atoms with E-state index in [2.05, 4.69) is 16.8 Å². The van der Waals surface area contributed by atoms with E-state index in [1.807, 2.05) is 0 Å². The van der Waals surface area contributed by atoms with Crippen LogP contribution < -0.4 is 0 Å². The van der Waals surface area contributed by atoms with E-state index in [1.54, 1.807) is 0 Å². The van der Waals surface area contributed by atoms with Crippen molar-refractivity contribution < 1.29 is 9.84 Å². The van der Waals surface area contributed by atoms with Gasteiger partial charge in [-0.15, -0.1) is 0 Å². The highest BCUT2D eigenvalue weighted by atomic mass is 16.5. The van der Waals surface area contributed by atoms with Gasteiger partial charge in [0.1, 0.15) is 0 Å². The summed E-state index contributed by atoms with van der Waals surface area (Å²) in [6.07, 6.45) is 2.31. The molecule has 0 atom stereocenters. The molecular weight excluding hydrogens is 192 g/mol. The molecule has 0 unspecified atom stereocenters. The van der Waals surface area contributed by atoms with Crippen LogP contribution in [0.1, 0.15) is 12.8 Å². The zero-order valence-electron chi connectivity index (χ0n) is 9.82. The second-order valence-electron chi connectivity index (χ2n) is 4.19. The van der Waals surface area contributed by atoms with Crippen molar-refractivity contribution in [2.24, 2.45) is 0 Å². The molecule has 0 radical (unpaired) electrons. The molecule has 4 heteroatoms. The van der Waals surface area contributed by atoms with E-state index in [0.29, 0.717) is 6.61 Å². The Bertz CT molecular complexity index is 148. The maximum absolute atomic E-state index is 8.51. The van der Waals surface area contributed by atoms with E-state index in [4.69, 9.17) is 9.84 Å². The Labute approximate surface area is 92.8 Å². The summed E-state index contributed by atoms with van der Waals surface area (Å²) in [6.45, 7) is 7.39. The third-order valence-electron chi connectivity index (χ3n) is 2.84. The third-order valence-corrected chi connectivity index (χ3v) is 2.84. The fourth-order valence-electron chi connectivity index (χ4n) is 1.78. The number of likely N-dealkylation sites (N-methyl/N-ethyl adjacent to an activating group) is 1. The van der Waals surface area contributed by atoms with E-state index in [0.717, 1.165) is 13.0 Å². The summed E-state index contributed by atoms with van der Waals surface area (Å²) in [5, 5.41) is 8.51. The molecule has 1 rings (SSSR count). The molecule has 1 heterocycles. The molecule has 4 nitrogen and oxygen atoms in total. The lowest BCUT2D eigenvalue weighted by Crippen LogP contribution is -2.44. The highest BCUT2D eigenvalue weighted by Crippen LogP contribution is 2.01. The Balaban J connectivity index is 1.87. The molecule has 0 aromatic heterocycles. The maximum atomic E-state index is 8.51. The van der Waals surface area contributed by atoms with Gasteiger partial charge in [-0.2, -0.15) is 0 Å². The molecule has 0 aromatic rings. The highest BCUT2D eigenvalue weighted by molar-refractivity contribution is 4.68. The van der Waals surface area contributed by atoms with Gasteiger partial charge in [0.2, 0.25) is 0 Å². The number of hydrogen-bond acceptors (Lipinski definition) is 4. The Morgan fingerprint density at radius 1 is 1.07 bits per heavy atom. The predicted octanol–water partition coefficient (Wildman–Crippen LogP) is 0.0229. The van der Waals surface area contributed by atoms with Crippen LogP contribution in [-0.2, 0) is 4.74 Å². The molecule has 0 aliphatic carbocycles. The molecule has 0 bridgehead atoms. The van der Waals surface area contributed by atoms with Crippen LogP contribution in [-0.4, -0.2) is 74.5 Å². The molecule has 0 spiro atoms. The molecule has 1 saturated heterocycles. The zero-order chi connectivity index (χ0) is 10.9. The van der Waals surface area contributed by atoms with Crippen LogP contribution in [0.25, 0.3) is 0 Å². The number of piperazine rings is 1. The molecule has 0 saturated carbocycles. The van der Waals surface area contributed by atoms with Crippen molar-refractivity contribution in [1.29, 1.82) is 0 Å². The summed E-state index contributed by atoms with van der Waals surface area (Å²) < 4.78 is 5.21. The summed E-state index contributed by atoms with van der Waals surface area (Å²) in [6, 6.07) is 0. The minimum atomic E-state index is 0.137. The summed E-state index contributed by atoms with van der Waals surface area (Å²) in [5.74, 6) is 0. The molecule has 1 fully saturated rings. The largest absolute Gasteiger partial charge is 0.394 e. The fraction of sp³-hybridized carbons (Fsp3) is 1.00. The first-order chi connectivity index (χ1) is 7.33. The average Bonchev–Trinajstić information content (AvgIpc) is 2.26. The first-order valence-electron chi connectivity index (χ1n) is 5.92. The van der Waals surface area contributed by atoms with Crippen LogP contribution in [0, 0.1) is 0 Å². The fourth-order valence-corrected chi connectivity index (χ4v) is 1.78. The van der Waals surface area contributed by atoms with Gasteiger partial charge in [-0.3, -0.25) is 0 Å².